The number of rotatable bonds is 6. The maximum absolute atomic E-state index is 13.7. The fourth-order valence-electron chi connectivity index (χ4n) is 6.32. The number of aryl methyl sites for hydroxylation is 2. The van der Waals surface area contributed by atoms with E-state index in [9.17, 15) is 23.5 Å². The Balaban J connectivity index is 0.000000184. The Morgan fingerprint density at radius 1 is 0.636 bits per heavy atom. The molecule has 8 aromatic rings. The van der Waals surface area contributed by atoms with Crippen molar-refractivity contribution < 1.29 is 23.5 Å². The normalized spacial score (nSPS) is 10.8. The predicted octanol–water partition coefficient (Wildman–Crippen LogP) is 9.51. The highest BCUT2D eigenvalue weighted by Crippen LogP contribution is 2.35. The molecule has 0 aliphatic rings. The monoisotopic (exact) mass is 737 g/mol. The largest absolute Gasteiger partial charge is 0.478 e. The molecule has 0 spiro atoms. The van der Waals surface area contributed by atoms with Crippen molar-refractivity contribution in [1.29, 1.82) is 0 Å². The molecular formula is C43H37F2N7O3. The molecule has 8 rings (SSSR count). The van der Waals surface area contributed by atoms with Crippen molar-refractivity contribution in [1.82, 2.24) is 35.3 Å². The van der Waals surface area contributed by atoms with E-state index in [1.807, 2.05) is 36.4 Å². The van der Waals surface area contributed by atoms with Gasteiger partial charge in [0.15, 0.2) is 0 Å². The highest BCUT2D eigenvalue weighted by molar-refractivity contribution is 6.07. The molecule has 0 unspecified atom stereocenters. The van der Waals surface area contributed by atoms with E-state index in [1.54, 1.807) is 89.1 Å². The molecule has 0 aliphatic heterocycles. The van der Waals surface area contributed by atoms with Crippen LogP contribution in [0.4, 0.5) is 8.78 Å². The number of halogens is 2. The second-order valence-corrected chi connectivity index (χ2v) is 12.9. The van der Waals surface area contributed by atoms with E-state index in [2.05, 4.69) is 30.4 Å². The zero-order valence-electron chi connectivity index (χ0n) is 29.6. The summed E-state index contributed by atoms with van der Waals surface area (Å²) >= 11 is 0. The Hall–Kier alpha value is -7.08. The van der Waals surface area contributed by atoms with Gasteiger partial charge in [0.25, 0.3) is 5.91 Å². The third-order valence-corrected chi connectivity index (χ3v) is 9.06. The SMILES string of the molecule is C.Cc1cc(-c2ncccc2-c2cc(C(=O)N(C)C)c3[nH]ncc3c2)ccc1F.Cc1cc(-c2ncccc2-c2cc(C(=O)O)c3[nH]ncc3c2)ccc1F. The molecule has 4 aromatic heterocycles. The van der Waals surface area contributed by atoms with Crippen LogP contribution in [0.5, 0.6) is 0 Å². The van der Waals surface area contributed by atoms with E-state index in [0.29, 0.717) is 44.4 Å². The van der Waals surface area contributed by atoms with Gasteiger partial charge in [-0.25, -0.2) is 13.6 Å². The minimum Gasteiger partial charge on any atom is -0.478 e. The van der Waals surface area contributed by atoms with Gasteiger partial charge in [-0.3, -0.25) is 25.0 Å². The van der Waals surface area contributed by atoms with Gasteiger partial charge in [0.2, 0.25) is 0 Å². The Morgan fingerprint density at radius 3 is 1.53 bits per heavy atom. The minimum absolute atomic E-state index is 0. The second kappa shape index (κ2) is 15.5. The van der Waals surface area contributed by atoms with Crippen LogP contribution in [0.1, 0.15) is 39.3 Å². The summed E-state index contributed by atoms with van der Waals surface area (Å²) < 4.78 is 27.3. The van der Waals surface area contributed by atoms with Gasteiger partial charge < -0.3 is 10.0 Å². The van der Waals surface area contributed by atoms with E-state index in [-0.39, 0.29) is 30.5 Å². The van der Waals surface area contributed by atoms with E-state index >= 15 is 0 Å². The van der Waals surface area contributed by atoms with Gasteiger partial charge in [0.05, 0.1) is 45.9 Å². The van der Waals surface area contributed by atoms with Crippen LogP contribution >= 0.6 is 0 Å². The zero-order chi connectivity index (χ0) is 38.1. The Labute approximate surface area is 315 Å². The van der Waals surface area contributed by atoms with E-state index < -0.39 is 5.97 Å². The van der Waals surface area contributed by atoms with Crippen LogP contribution in [0.2, 0.25) is 0 Å². The van der Waals surface area contributed by atoms with Crippen molar-refractivity contribution in [3.8, 4) is 44.8 Å². The van der Waals surface area contributed by atoms with Gasteiger partial charge in [-0.15, -0.1) is 0 Å². The summed E-state index contributed by atoms with van der Waals surface area (Å²) in [5.41, 5.74) is 9.12. The van der Waals surface area contributed by atoms with Crippen LogP contribution in [0, 0.1) is 25.5 Å². The number of pyridine rings is 2. The molecule has 55 heavy (non-hydrogen) atoms. The number of amides is 1. The molecule has 1 amide bonds. The Kier molecular flexibility index (Phi) is 10.6. The summed E-state index contributed by atoms with van der Waals surface area (Å²) in [5.74, 6) is -1.68. The third kappa shape index (κ3) is 7.42. The average Bonchev–Trinajstić information content (AvgIpc) is 3.86. The van der Waals surface area contributed by atoms with Gasteiger partial charge in [0, 0.05) is 59.5 Å². The number of nitrogens with zero attached hydrogens (tertiary/aromatic N) is 5. The van der Waals surface area contributed by atoms with Crippen molar-refractivity contribution in [3.63, 3.8) is 0 Å². The number of fused-ring (bicyclic) bond motifs is 2. The number of aromatic carboxylic acids is 1. The topological polar surface area (TPSA) is 141 Å². The van der Waals surface area contributed by atoms with Gasteiger partial charge in [-0.1, -0.05) is 19.6 Å². The van der Waals surface area contributed by atoms with E-state index in [4.69, 9.17) is 0 Å². The molecule has 0 atom stereocenters. The first-order valence-electron chi connectivity index (χ1n) is 16.8. The predicted molar refractivity (Wildman–Crippen MR) is 211 cm³/mol. The van der Waals surface area contributed by atoms with Crippen molar-refractivity contribution >= 4 is 33.7 Å². The number of hydrogen-bond donors (Lipinski definition) is 3. The molecule has 12 heteroatoms. The molecular weight excluding hydrogens is 701 g/mol. The first-order chi connectivity index (χ1) is 26.0. The standard InChI is InChI=1S/C22H19FN4O.C20H14FN3O2.CH4/c1-13-9-14(6-7-19(13)23)20-17(5-4-8-24-20)15-10-16-12-25-26-21(16)18(11-15)22(28)27(2)3;1-11-7-12(4-5-17(11)21)18-15(3-2-6-22-18)13-8-14-10-23-24-19(14)16(9-13)20(25)26;/h4-12H,1-3H3,(H,25,26);2-10H,1H3,(H,23,24)(H,25,26);1H4. The molecule has 4 aromatic carbocycles. The first kappa shape index (κ1) is 37.7. The smallest absolute Gasteiger partial charge is 0.337 e. The van der Waals surface area contributed by atoms with Crippen LogP contribution in [0.3, 0.4) is 0 Å². The Morgan fingerprint density at radius 2 is 1.09 bits per heavy atom. The lowest BCUT2D eigenvalue weighted by Crippen LogP contribution is -2.22. The van der Waals surface area contributed by atoms with Gasteiger partial charge in [0.1, 0.15) is 11.6 Å². The number of carboxylic acid groups (broad SMARTS) is 1. The molecule has 0 saturated heterocycles. The highest BCUT2D eigenvalue weighted by atomic mass is 19.1. The van der Waals surface area contributed by atoms with Crippen molar-refractivity contribution in [2.24, 2.45) is 0 Å². The maximum atomic E-state index is 13.7. The third-order valence-electron chi connectivity index (χ3n) is 9.06. The van der Waals surface area contributed by atoms with Crippen LogP contribution < -0.4 is 0 Å². The van der Waals surface area contributed by atoms with Crippen molar-refractivity contribution in [3.05, 3.63) is 144 Å². The second-order valence-electron chi connectivity index (χ2n) is 12.9. The summed E-state index contributed by atoms with van der Waals surface area (Å²) in [6, 6.07) is 24.5. The van der Waals surface area contributed by atoms with E-state index in [1.165, 1.54) is 17.0 Å². The minimum atomic E-state index is -1.04. The lowest BCUT2D eigenvalue weighted by molar-refractivity contribution is 0.0698. The number of aromatic amines is 2. The summed E-state index contributed by atoms with van der Waals surface area (Å²) in [7, 11) is 3.43. The first-order valence-corrected chi connectivity index (χ1v) is 16.8. The molecule has 0 radical (unpaired) electrons. The Bertz CT molecular complexity index is 2720. The number of hydrogen-bond acceptors (Lipinski definition) is 6. The molecule has 0 fully saturated rings. The van der Waals surface area contributed by atoms with Crippen LogP contribution in [-0.4, -0.2) is 66.3 Å². The van der Waals surface area contributed by atoms with Crippen molar-refractivity contribution in [2.75, 3.05) is 14.1 Å². The molecule has 276 valence electrons. The number of nitrogens with one attached hydrogen (secondary N) is 2. The van der Waals surface area contributed by atoms with E-state index in [0.717, 1.165) is 38.9 Å². The fourth-order valence-corrected chi connectivity index (χ4v) is 6.32. The number of carboxylic acids is 1. The number of carbonyl (C=O) groups is 2. The number of aromatic nitrogens is 6. The van der Waals surface area contributed by atoms with Crippen LogP contribution in [-0.2, 0) is 0 Å². The lowest BCUT2D eigenvalue weighted by Gasteiger charge is -2.14. The zero-order valence-corrected chi connectivity index (χ0v) is 29.6. The molecule has 10 nitrogen and oxygen atoms in total. The summed E-state index contributed by atoms with van der Waals surface area (Å²) in [6.07, 6.45) is 6.65. The quantitative estimate of drug-likeness (QED) is 0.154. The number of benzene rings is 4. The maximum Gasteiger partial charge on any atom is 0.337 e. The highest BCUT2D eigenvalue weighted by Gasteiger charge is 2.19. The average molecular weight is 738 g/mol. The lowest BCUT2D eigenvalue weighted by atomic mass is 9.95. The summed E-state index contributed by atoms with van der Waals surface area (Å²) in [5, 5.41) is 24.7. The number of H-pyrrole nitrogens is 2. The fraction of sp³-hybridized carbons (Fsp3) is 0.116. The van der Waals surface area contributed by atoms with Crippen molar-refractivity contribution in [2.45, 2.75) is 21.3 Å². The molecule has 3 N–H and O–H groups in total. The van der Waals surface area contributed by atoms with Crippen LogP contribution in [0.15, 0.2) is 110 Å². The molecule has 4 heterocycles. The van der Waals surface area contributed by atoms with Crippen LogP contribution in [0.25, 0.3) is 66.6 Å². The summed E-state index contributed by atoms with van der Waals surface area (Å²) in [6.45, 7) is 3.42. The van der Waals surface area contributed by atoms with Gasteiger partial charge in [-0.05, 0) is 109 Å². The number of carbonyl (C=O) groups excluding carboxylic acids is 1. The van der Waals surface area contributed by atoms with Gasteiger partial charge in [-0.2, -0.15) is 10.2 Å². The molecule has 0 saturated carbocycles. The summed E-state index contributed by atoms with van der Waals surface area (Å²) in [4.78, 5) is 34.8. The van der Waals surface area contributed by atoms with Gasteiger partial charge >= 0.3 is 5.97 Å². The molecule has 0 aliphatic carbocycles. The molecule has 0 bridgehead atoms.